The van der Waals surface area contributed by atoms with Crippen LogP contribution in [0.25, 0.3) is 0 Å². The second-order valence-electron chi connectivity index (χ2n) is 6.13. The Morgan fingerprint density at radius 2 is 2.05 bits per heavy atom. The fourth-order valence-corrected chi connectivity index (χ4v) is 3.11. The van der Waals surface area contributed by atoms with Crippen LogP contribution in [0.4, 0.5) is 13.6 Å². The average molecular weight is 304 g/mol. The van der Waals surface area contributed by atoms with E-state index in [0.29, 0.717) is 25.8 Å². The first-order valence-electron chi connectivity index (χ1n) is 7.51. The van der Waals surface area contributed by atoms with E-state index < -0.39 is 17.8 Å². The van der Waals surface area contributed by atoms with Gasteiger partial charge in [-0.15, -0.1) is 0 Å². The molecule has 1 heterocycles. The summed E-state index contributed by atoms with van der Waals surface area (Å²) in [6.45, 7) is 0.842. The summed E-state index contributed by atoms with van der Waals surface area (Å²) in [4.78, 5) is 24.2. The molecule has 7 heteroatoms. The van der Waals surface area contributed by atoms with Gasteiger partial charge in [0.05, 0.1) is 5.92 Å². The van der Waals surface area contributed by atoms with Gasteiger partial charge < -0.3 is 15.3 Å². The number of halogens is 2. The summed E-state index contributed by atoms with van der Waals surface area (Å²) in [5, 5.41) is 11.6. The number of nitrogens with zero attached hydrogens (tertiary/aromatic N) is 1. The average Bonchev–Trinajstić information content (AvgIpc) is 2.83. The van der Waals surface area contributed by atoms with E-state index in [1.54, 1.807) is 0 Å². The number of aliphatic carboxylic acids is 1. The number of carbonyl (C=O) groups is 2. The van der Waals surface area contributed by atoms with Crippen LogP contribution in [0.3, 0.4) is 0 Å². The Labute approximate surface area is 122 Å². The van der Waals surface area contributed by atoms with Crippen LogP contribution in [0.15, 0.2) is 0 Å². The highest BCUT2D eigenvalue weighted by atomic mass is 19.3. The molecule has 0 aromatic carbocycles. The second-order valence-corrected chi connectivity index (χ2v) is 6.13. The molecule has 1 saturated carbocycles. The Kier molecular flexibility index (Phi) is 5.00. The first-order valence-corrected chi connectivity index (χ1v) is 7.51. The number of hydrogen-bond donors (Lipinski definition) is 2. The first kappa shape index (κ1) is 16.0. The molecule has 2 fully saturated rings. The first-order chi connectivity index (χ1) is 9.87. The monoisotopic (exact) mass is 304 g/mol. The zero-order valence-electron chi connectivity index (χ0n) is 12.0. The van der Waals surface area contributed by atoms with Gasteiger partial charge in [-0.3, -0.25) is 4.79 Å². The number of rotatable bonds is 3. The van der Waals surface area contributed by atoms with Crippen LogP contribution >= 0.6 is 0 Å². The Morgan fingerprint density at radius 3 is 2.71 bits per heavy atom. The van der Waals surface area contributed by atoms with Crippen molar-refractivity contribution in [2.45, 2.75) is 44.4 Å². The normalized spacial score (nSPS) is 29.0. The van der Waals surface area contributed by atoms with E-state index in [1.807, 2.05) is 0 Å². The number of carbonyl (C=O) groups excluding carboxylic acids is 1. The molecule has 1 saturated heterocycles. The van der Waals surface area contributed by atoms with Gasteiger partial charge in [0.2, 0.25) is 5.92 Å². The summed E-state index contributed by atoms with van der Waals surface area (Å²) >= 11 is 0. The van der Waals surface area contributed by atoms with Gasteiger partial charge in [0.15, 0.2) is 0 Å². The van der Waals surface area contributed by atoms with E-state index in [-0.39, 0.29) is 37.9 Å². The largest absolute Gasteiger partial charge is 0.481 e. The third-order valence-electron chi connectivity index (χ3n) is 4.36. The van der Waals surface area contributed by atoms with Gasteiger partial charge in [-0.1, -0.05) is 6.42 Å². The minimum absolute atomic E-state index is 0.0656. The topological polar surface area (TPSA) is 69.6 Å². The third kappa shape index (κ3) is 4.54. The highest BCUT2D eigenvalue weighted by Crippen LogP contribution is 2.34. The zero-order valence-corrected chi connectivity index (χ0v) is 12.0. The lowest BCUT2D eigenvalue weighted by Crippen LogP contribution is -2.41. The maximum atomic E-state index is 13.5. The molecule has 1 aliphatic heterocycles. The molecule has 0 spiro atoms. The van der Waals surface area contributed by atoms with Crippen molar-refractivity contribution in [3.8, 4) is 0 Å². The standard InChI is InChI=1S/C14H22F2N2O3/c15-14(16)5-2-1-3-10(7-14)8-17-13(21)18-6-4-11(9-18)12(19)20/h10-11H,1-9H2,(H,17,21)(H,19,20). The predicted molar refractivity (Wildman–Crippen MR) is 72.2 cm³/mol. The third-order valence-corrected chi connectivity index (χ3v) is 4.36. The molecule has 2 rings (SSSR count). The Morgan fingerprint density at radius 1 is 1.29 bits per heavy atom. The molecule has 21 heavy (non-hydrogen) atoms. The fourth-order valence-electron chi connectivity index (χ4n) is 3.11. The number of amides is 2. The number of carboxylic acids is 1. The van der Waals surface area contributed by atoms with Crippen molar-refractivity contribution in [3.63, 3.8) is 0 Å². The zero-order chi connectivity index (χ0) is 15.5. The Hall–Kier alpha value is -1.40. The van der Waals surface area contributed by atoms with Crippen LogP contribution in [-0.2, 0) is 4.79 Å². The molecule has 2 N–H and O–H groups in total. The lowest BCUT2D eigenvalue weighted by atomic mass is 9.99. The van der Waals surface area contributed by atoms with Gasteiger partial charge in [0, 0.05) is 32.5 Å². The number of likely N-dealkylation sites (tertiary alicyclic amines) is 1. The fraction of sp³-hybridized carbons (Fsp3) is 0.857. The Balaban J connectivity index is 1.77. The number of nitrogens with one attached hydrogen (secondary N) is 1. The number of hydrogen-bond acceptors (Lipinski definition) is 2. The van der Waals surface area contributed by atoms with E-state index in [9.17, 15) is 18.4 Å². The van der Waals surface area contributed by atoms with Gasteiger partial charge in [-0.25, -0.2) is 13.6 Å². The summed E-state index contributed by atoms with van der Waals surface area (Å²) in [7, 11) is 0. The van der Waals surface area contributed by atoms with Gasteiger partial charge in [-0.2, -0.15) is 0 Å². The summed E-state index contributed by atoms with van der Waals surface area (Å²) < 4.78 is 27.0. The minimum Gasteiger partial charge on any atom is -0.481 e. The smallest absolute Gasteiger partial charge is 0.317 e. The number of alkyl halides is 2. The van der Waals surface area contributed by atoms with Gasteiger partial charge >= 0.3 is 12.0 Å². The molecule has 0 bridgehead atoms. The SMILES string of the molecule is O=C(O)C1CCN(C(=O)NCC2CCCCC(F)(F)C2)C1. The maximum Gasteiger partial charge on any atom is 0.317 e. The molecule has 1 aliphatic carbocycles. The number of carboxylic acid groups (broad SMARTS) is 1. The number of urea groups is 1. The second kappa shape index (κ2) is 6.58. The van der Waals surface area contributed by atoms with E-state index in [4.69, 9.17) is 5.11 Å². The van der Waals surface area contributed by atoms with Crippen LogP contribution < -0.4 is 5.32 Å². The molecular formula is C14H22F2N2O3. The van der Waals surface area contributed by atoms with Crippen LogP contribution in [0.1, 0.15) is 38.5 Å². The van der Waals surface area contributed by atoms with Crippen LogP contribution in [0.2, 0.25) is 0 Å². The molecule has 2 unspecified atom stereocenters. The highest BCUT2D eigenvalue weighted by Gasteiger charge is 2.35. The van der Waals surface area contributed by atoms with Crippen LogP contribution in [-0.4, -0.2) is 47.6 Å². The lowest BCUT2D eigenvalue weighted by molar-refractivity contribution is -0.141. The Bertz CT molecular complexity index is 404. The van der Waals surface area contributed by atoms with Crippen molar-refractivity contribution in [3.05, 3.63) is 0 Å². The molecule has 2 aliphatic rings. The summed E-state index contributed by atoms with van der Waals surface area (Å²) in [5.41, 5.74) is 0. The minimum atomic E-state index is -2.63. The molecule has 120 valence electrons. The quantitative estimate of drug-likeness (QED) is 0.786. The van der Waals surface area contributed by atoms with Crippen LogP contribution in [0, 0.1) is 11.8 Å². The van der Waals surface area contributed by atoms with E-state index in [0.717, 1.165) is 6.42 Å². The molecule has 0 aromatic rings. The van der Waals surface area contributed by atoms with E-state index >= 15 is 0 Å². The van der Waals surface area contributed by atoms with Crippen LogP contribution in [0.5, 0.6) is 0 Å². The van der Waals surface area contributed by atoms with Gasteiger partial charge in [0.25, 0.3) is 0 Å². The van der Waals surface area contributed by atoms with Crippen molar-refractivity contribution >= 4 is 12.0 Å². The van der Waals surface area contributed by atoms with Crippen molar-refractivity contribution < 1.29 is 23.5 Å². The molecule has 5 nitrogen and oxygen atoms in total. The molecule has 2 atom stereocenters. The molecular weight excluding hydrogens is 282 g/mol. The summed E-state index contributed by atoms with van der Waals surface area (Å²) in [6.07, 6.45) is 2.21. The molecule has 2 amide bonds. The van der Waals surface area contributed by atoms with Gasteiger partial charge in [-0.05, 0) is 25.2 Å². The van der Waals surface area contributed by atoms with E-state index in [2.05, 4.69) is 5.32 Å². The molecule has 0 aromatic heterocycles. The summed E-state index contributed by atoms with van der Waals surface area (Å²) in [6, 6.07) is -0.341. The van der Waals surface area contributed by atoms with Crippen molar-refractivity contribution in [1.82, 2.24) is 10.2 Å². The highest BCUT2D eigenvalue weighted by molar-refractivity contribution is 5.77. The van der Waals surface area contributed by atoms with Crippen molar-refractivity contribution in [1.29, 1.82) is 0 Å². The predicted octanol–water partition coefficient (Wildman–Crippen LogP) is 2.32. The summed E-state index contributed by atoms with van der Waals surface area (Å²) in [5.74, 6) is -4.25. The maximum absolute atomic E-state index is 13.5. The van der Waals surface area contributed by atoms with E-state index in [1.165, 1.54) is 4.90 Å². The van der Waals surface area contributed by atoms with Gasteiger partial charge in [0.1, 0.15) is 0 Å². The lowest BCUT2D eigenvalue weighted by Gasteiger charge is -2.22. The van der Waals surface area contributed by atoms with Crippen molar-refractivity contribution in [2.24, 2.45) is 11.8 Å². The molecule has 0 radical (unpaired) electrons. The van der Waals surface area contributed by atoms with Crippen molar-refractivity contribution in [2.75, 3.05) is 19.6 Å².